The molecule has 3 aromatic rings. The van der Waals surface area contributed by atoms with Crippen LogP contribution in [-0.4, -0.2) is 40.1 Å². The number of hydrogen-bond donors (Lipinski definition) is 1. The molecule has 0 radical (unpaired) electrons. The number of ether oxygens (including phenoxy) is 1. The zero-order valence-electron chi connectivity index (χ0n) is 20.8. The van der Waals surface area contributed by atoms with E-state index in [-0.39, 0.29) is 17.9 Å². The Balaban J connectivity index is 1.89. The molecule has 2 N–H and O–H groups in total. The number of morpholine rings is 1. The molecule has 0 amide bonds. The maximum atomic E-state index is 14.7. The Labute approximate surface area is 165 Å². The lowest BCUT2D eigenvalue weighted by Crippen LogP contribution is -2.45. The maximum absolute atomic E-state index is 14.7. The first-order valence-electron chi connectivity index (χ1n) is 11.3. The van der Waals surface area contributed by atoms with E-state index in [2.05, 4.69) is 15.0 Å². The number of hydrogen-bond acceptors (Lipinski definition) is 6. The number of pyridine rings is 3. The predicted molar refractivity (Wildman–Crippen MR) is 103 cm³/mol. The zero-order chi connectivity index (χ0) is 24.4. The smallest absolute Gasteiger partial charge is 0.132 e. The van der Waals surface area contributed by atoms with Gasteiger partial charge >= 0.3 is 0 Å². The van der Waals surface area contributed by atoms with Gasteiger partial charge in [-0.05, 0) is 32.0 Å². The second kappa shape index (κ2) is 7.17. The molecule has 0 saturated carbocycles. The first-order valence-corrected chi connectivity index (χ1v) is 8.34. The number of fused-ring (bicyclic) bond motifs is 1. The van der Waals surface area contributed by atoms with Crippen LogP contribution in [0.5, 0.6) is 0 Å². The number of nitrogens with two attached hydrogens (primary N) is 1. The Kier molecular flexibility index (Phi) is 3.17. The Morgan fingerprint density at radius 3 is 2.74 bits per heavy atom. The maximum Gasteiger partial charge on any atom is 0.132 e. The van der Waals surface area contributed by atoms with E-state index in [1.165, 1.54) is 0 Å². The fourth-order valence-corrected chi connectivity index (χ4v) is 2.77. The molecule has 2 unspecified atom stereocenters. The molecule has 1 aliphatic rings. The van der Waals surface area contributed by atoms with Crippen LogP contribution in [0.4, 0.5) is 10.2 Å². The molecular formula is C20H22FN5O. The summed E-state index contributed by atoms with van der Waals surface area (Å²) in [5, 5.41) is 0.725. The SMILES string of the molecule is [2H]C1(C)OC([2H])(C)C([2H])([2H])N(c2cc(F)cc(-c3ccc4cnc(CN)cc4n3)n2)C1([2H])[2H]. The third-order valence-electron chi connectivity index (χ3n) is 3.95. The molecular weight excluding hydrogens is 345 g/mol. The van der Waals surface area contributed by atoms with Gasteiger partial charge in [0.25, 0.3) is 0 Å². The lowest BCUT2D eigenvalue weighted by molar-refractivity contribution is -0.00547. The summed E-state index contributed by atoms with van der Waals surface area (Å²) < 4.78 is 70.0. The van der Waals surface area contributed by atoms with Crippen molar-refractivity contribution in [1.29, 1.82) is 0 Å². The first kappa shape index (κ1) is 11.9. The normalized spacial score (nSPS) is 32.7. The Morgan fingerprint density at radius 1 is 1.22 bits per heavy atom. The van der Waals surface area contributed by atoms with Gasteiger partial charge in [0.05, 0.1) is 43.0 Å². The minimum atomic E-state index is -2.80. The van der Waals surface area contributed by atoms with Gasteiger partial charge in [-0.1, -0.05) is 0 Å². The van der Waals surface area contributed by atoms with E-state index in [1.807, 2.05) is 0 Å². The van der Waals surface area contributed by atoms with Crippen molar-refractivity contribution in [3.8, 4) is 11.4 Å². The van der Waals surface area contributed by atoms with Crippen LogP contribution in [0.25, 0.3) is 22.3 Å². The minimum absolute atomic E-state index is 0.0227. The van der Waals surface area contributed by atoms with Gasteiger partial charge in [0.15, 0.2) is 0 Å². The van der Waals surface area contributed by atoms with Gasteiger partial charge in [-0.25, -0.2) is 14.4 Å². The van der Waals surface area contributed by atoms with Gasteiger partial charge in [-0.2, -0.15) is 0 Å². The highest BCUT2D eigenvalue weighted by Gasteiger charge is 2.24. The quantitative estimate of drug-likeness (QED) is 0.761. The van der Waals surface area contributed by atoms with Crippen LogP contribution in [0.15, 0.2) is 36.5 Å². The van der Waals surface area contributed by atoms with Crippen LogP contribution in [0, 0.1) is 5.82 Å². The van der Waals surface area contributed by atoms with E-state index in [0.29, 0.717) is 16.1 Å². The molecule has 0 aromatic carbocycles. The van der Waals surface area contributed by atoms with Gasteiger partial charge in [-0.15, -0.1) is 0 Å². The highest BCUT2D eigenvalue weighted by Crippen LogP contribution is 2.25. The fraction of sp³-hybridized carbons (Fsp3) is 0.350. The van der Waals surface area contributed by atoms with E-state index in [9.17, 15) is 4.39 Å². The lowest BCUT2D eigenvalue weighted by atomic mass is 10.1. The Morgan fingerprint density at radius 2 is 2.00 bits per heavy atom. The van der Waals surface area contributed by atoms with Crippen molar-refractivity contribution >= 4 is 16.7 Å². The molecule has 0 bridgehead atoms. The molecule has 7 heteroatoms. The van der Waals surface area contributed by atoms with Crippen LogP contribution in [0.1, 0.15) is 27.8 Å². The molecule has 27 heavy (non-hydrogen) atoms. The summed E-state index contributed by atoms with van der Waals surface area (Å²) in [5.41, 5.74) is 7.08. The monoisotopic (exact) mass is 373 g/mol. The van der Waals surface area contributed by atoms with Crippen LogP contribution in [-0.2, 0) is 11.3 Å². The van der Waals surface area contributed by atoms with E-state index < -0.39 is 36.8 Å². The summed E-state index contributed by atoms with van der Waals surface area (Å²) in [5.74, 6) is -1.25. The second-order valence-electron chi connectivity index (χ2n) is 6.07. The van der Waals surface area contributed by atoms with E-state index >= 15 is 0 Å². The van der Waals surface area contributed by atoms with Crippen molar-refractivity contribution in [2.75, 3.05) is 17.9 Å². The molecule has 6 nitrogen and oxygen atoms in total. The van der Waals surface area contributed by atoms with Crippen molar-refractivity contribution in [3.05, 3.63) is 48.0 Å². The molecule has 1 aliphatic heterocycles. The van der Waals surface area contributed by atoms with Crippen LogP contribution in [0.2, 0.25) is 0 Å². The van der Waals surface area contributed by atoms with Crippen molar-refractivity contribution in [3.63, 3.8) is 0 Å². The van der Waals surface area contributed by atoms with Crippen LogP contribution < -0.4 is 10.6 Å². The molecule has 1 saturated heterocycles. The predicted octanol–water partition coefficient (Wildman–Crippen LogP) is 2.90. The highest BCUT2D eigenvalue weighted by molar-refractivity contribution is 5.80. The van der Waals surface area contributed by atoms with Gasteiger partial charge in [0.1, 0.15) is 11.6 Å². The molecule has 140 valence electrons. The van der Waals surface area contributed by atoms with Crippen molar-refractivity contribution < 1.29 is 17.4 Å². The summed E-state index contributed by atoms with van der Waals surface area (Å²) in [7, 11) is 0. The molecule has 3 aromatic heterocycles. The largest absolute Gasteiger partial charge is 0.372 e. The molecule has 4 heterocycles. The number of halogens is 1. The Hall–Kier alpha value is -2.64. The topological polar surface area (TPSA) is 77.2 Å². The lowest BCUT2D eigenvalue weighted by Gasteiger charge is -2.36. The average Bonchev–Trinajstić information content (AvgIpc) is 2.70. The van der Waals surface area contributed by atoms with Gasteiger partial charge in [0, 0.05) is 43.3 Å². The molecule has 4 rings (SSSR count). The summed E-state index contributed by atoms with van der Waals surface area (Å²) in [6.45, 7) is -3.23. The van der Waals surface area contributed by atoms with Gasteiger partial charge < -0.3 is 15.4 Å². The van der Waals surface area contributed by atoms with E-state index in [4.69, 9.17) is 18.7 Å². The van der Waals surface area contributed by atoms with Crippen molar-refractivity contribution in [2.45, 2.75) is 32.6 Å². The van der Waals surface area contributed by atoms with Crippen LogP contribution >= 0.6 is 0 Å². The number of anilines is 1. The third-order valence-corrected chi connectivity index (χ3v) is 3.95. The van der Waals surface area contributed by atoms with Crippen LogP contribution in [0.3, 0.4) is 0 Å². The summed E-state index contributed by atoms with van der Waals surface area (Å²) in [4.78, 5) is 13.5. The molecule has 0 spiro atoms. The first-order chi connectivity index (χ1) is 15.2. The minimum Gasteiger partial charge on any atom is -0.372 e. The molecule has 1 fully saturated rings. The summed E-state index contributed by atoms with van der Waals surface area (Å²) in [6.07, 6.45) is -3.09. The Bertz CT molecular complexity index is 1210. The van der Waals surface area contributed by atoms with Crippen molar-refractivity contribution in [2.24, 2.45) is 5.73 Å². The fourth-order valence-electron chi connectivity index (χ4n) is 2.77. The van der Waals surface area contributed by atoms with Crippen molar-refractivity contribution in [1.82, 2.24) is 15.0 Å². The number of aromatic nitrogens is 3. The van der Waals surface area contributed by atoms with Gasteiger partial charge in [0.2, 0.25) is 0 Å². The summed E-state index contributed by atoms with van der Waals surface area (Å²) >= 11 is 0. The second-order valence-corrected chi connectivity index (χ2v) is 6.07. The average molecular weight is 373 g/mol. The van der Waals surface area contributed by atoms with E-state index in [1.54, 1.807) is 24.4 Å². The number of nitrogens with zero attached hydrogens (tertiary/aromatic N) is 4. The highest BCUT2D eigenvalue weighted by atomic mass is 19.1. The van der Waals surface area contributed by atoms with Gasteiger partial charge in [-0.3, -0.25) is 4.98 Å². The third kappa shape index (κ3) is 3.74. The molecule has 2 atom stereocenters. The zero-order valence-corrected chi connectivity index (χ0v) is 14.8. The molecule has 0 aliphatic carbocycles. The van der Waals surface area contributed by atoms with E-state index in [0.717, 1.165) is 31.4 Å². The summed E-state index contributed by atoms with van der Waals surface area (Å²) in [6, 6.07) is 6.94. The standard InChI is InChI=1S/C20H22FN5O/c1-12-10-26(11-13(2)27-12)20-6-15(21)5-19(25-20)17-4-3-14-9-23-16(8-22)7-18(14)24-17/h3-7,9,12-13H,8,10-11,22H2,1-2H3/i10D2,11D2,12D,13D. The number of rotatable bonds is 3.